The Hall–Kier alpha value is -1.82. The highest BCUT2D eigenvalue weighted by Gasteiger charge is 2.22. The number of rotatable bonds is 6. The van der Waals surface area contributed by atoms with Gasteiger partial charge in [0.25, 0.3) is 0 Å². The van der Waals surface area contributed by atoms with E-state index in [1.165, 1.54) is 48.6 Å². The van der Waals surface area contributed by atoms with E-state index in [1.54, 1.807) is 0 Å². The number of hydrogen-bond donors (Lipinski definition) is 2. The van der Waals surface area contributed by atoms with E-state index >= 15 is 0 Å². The lowest BCUT2D eigenvalue weighted by molar-refractivity contribution is -0.119. The number of aromatic nitrogens is 3. The number of fused-ring (bicyclic) bond motifs is 1. The molecule has 2 aliphatic rings. The van der Waals surface area contributed by atoms with Gasteiger partial charge in [-0.3, -0.25) is 9.89 Å². The number of H-pyrrole nitrogens is 1. The Morgan fingerprint density at radius 1 is 1.19 bits per heavy atom. The molecule has 6 heteroatoms. The molecular formula is C20H26N4OS. The molecule has 138 valence electrons. The minimum absolute atomic E-state index is 0.0545. The molecule has 1 aromatic heterocycles. The van der Waals surface area contributed by atoms with Gasteiger partial charge in [0, 0.05) is 6.42 Å². The van der Waals surface area contributed by atoms with Crippen molar-refractivity contribution < 1.29 is 4.79 Å². The van der Waals surface area contributed by atoms with Crippen molar-refractivity contribution in [3.8, 4) is 0 Å². The van der Waals surface area contributed by atoms with Crippen LogP contribution in [0.3, 0.4) is 0 Å². The van der Waals surface area contributed by atoms with E-state index in [-0.39, 0.29) is 11.9 Å². The van der Waals surface area contributed by atoms with Gasteiger partial charge in [-0.05, 0) is 36.3 Å². The number of nitrogens with one attached hydrogen (secondary N) is 2. The van der Waals surface area contributed by atoms with Crippen molar-refractivity contribution in [1.82, 2.24) is 20.5 Å². The smallest absolute Gasteiger partial charge is 0.230 e. The summed E-state index contributed by atoms with van der Waals surface area (Å²) in [5.41, 5.74) is 2.64. The fourth-order valence-corrected chi connectivity index (χ4v) is 4.82. The molecule has 1 amide bonds. The molecule has 0 spiro atoms. The van der Waals surface area contributed by atoms with Crippen LogP contribution in [0.4, 0.5) is 0 Å². The SMILES string of the molecule is O=C(CSc1n[nH]c(CC2CCCC2)n1)N[C@H]1CCCc2ccccc21. The first kappa shape index (κ1) is 17.6. The second-order valence-corrected chi connectivity index (χ2v) is 8.36. The highest BCUT2D eigenvalue weighted by Crippen LogP contribution is 2.30. The Morgan fingerprint density at radius 3 is 2.92 bits per heavy atom. The van der Waals surface area contributed by atoms with Crippen molar-refractivity contribution in [2.45, 2.75) is 62.6 Å². The van der Waals surface area contributed by atoms with Gasteiger partial charge in [-0.15, -0.1) is 5.10 Å². The van der Waals surface area contributed by atoms with E-state index in [0.29, 0.717) is 10.9 Å². The van der Waals surface area contributed by atoms with E-state index in [0.717, 1.165) is 37.4 Å². The zero-order valence-corrected chi connectivity index (χ0v) is 15.9. The van der Waals surface area contributed by atoms with Crippen LogP contribution in [0.5, 0.6) is 0 Å². The van der Waals surface area contributed by atoms with Crippen LogP contribution in [0.15, 0.2) is 29.4 Å². The first-order valence-electron chi connectivity index (χ1n) is 9.69. The van der Waals surface area contributed by atoms with E-state index < -0.39 is 0 Å². The van der Waals surface area contributed by atoms with Crippen LogP contribution in [0.2, 0.25) is 0 Å². The molecular weight excluding hydrogens is 344 g/mol. The number of carbonyl (C=O) groups is 1. The van der Waals surface area contributed by atoms with Crippen LogP contribution in [-0.4, -0.2) is 26.8 Å². The average molecular weight is 371 g/mol. The fourth-order valence-electron chi connectivity index (χ4n) is 4.19. The lowest BCUT2D eigenvalue weighted by atomic mass is 9.88. The van der Waals surface area contributed by atoms with Crippen molar-refractivity contribution in [1.29, 1.82) is 0 Å². The van der Waals surface area contributed by atoms with Crippen LogP contribution < -0.4 is 5.32 Å². The van der Waals surface area contributed by atoms with Crippen molar-refractivity contribution in [3.63, 3.8) is 0 Å². The predicted octanol–water partition coefficient (Wildman–Crippen LogP) is 3.82. The number of thioether (sulfide) groups is 1. The molecule has 1 heterocycles. The molecule has 0 radical (unpaired) electrons. The monoisotopic (exact) mass is 370 g/mol. The average Bonchev–Trinajstić information content (AvgIpc) is 3.33. The second-order valence-electron chi connectivity index (χ2n) is 7.42. The summed E-state index contributed by atoms with van der Waals surface area (Å²) in [6.45, 7) is 0. The Bertz CT molecular complexity index is 754. The van der Waals surface area contributed by atoms with Gasteiger partial charge in [0.05, 0.1) is 11.8 Å². The Labute approximate surface area is 158 Å². The molecule has 0 bridgehead atoms. The third-order valence-electron chi connectivity index (χ3n) is 5.50. The minimum Gasteiger partial charge on any atom is -0.349 e. The predicted molar refractivity (Wildman–Crippen MR) is 103 cm³/mol. The number of nitrogens with zero attached hydrogens (tertiary/aromatic N) is 2. The van der Waals surface area contributed by atoms with Crippen molar-refractivity contribution in [3.05, 3.63) is 41.2 Å². The van der Waals surface area contributed by atoms with Crippen LogP contribution >= 0.6 is 11.8 Å². The summed E-state index contributed by atoms with van der Waals surface area (Å²) >= 11 is 1.41. The molecule has 1 fully saturated rings. The Morgan fingerprint density at radius 2 is 2.04 bits per heavy atom. The fraction of sp³-hybridized carbons (Fsp3) is 0.550. The van der Waals surface area contributed by atoms with Gasteiger partial charge >= 0.3 is 0 Å². The number of benzene rings is 1. The number of aromatic amines is 1. The summed E-state index contributed by atoms with van der Waals surface area (Å²) in [5.74, 6) is 2.12. The lowest BCUT2D eigenvalue weighted by Crippen LogP contribution is -2.32. The quantitative estimate of drug-likeness (QED) is 0.758. The molecule has 1 atom stereocenters. The van der Waals surface area contributed by atoms with Gasteiger partial charge in [-0.2, -0.15) is 0 Å². The molecule has 2 N–H and O–H groups in total. The summed E-state index contributed by atoms with van der Waals surface area (Å²) in [6, 6.07) is 8.57. The Balaban J connectivity index is 1.27. The summed E-state index contributed by atoms with van der Waals surface area (Å²) < 4.78 is 0. The van der Waals surface area contributed by atoms with Gasteiger partial charge in [0.2, 0.25) is 11.1 Å². The maximum atomic E-state index is 12.4. The number of hydrogen-bond acceptors (Lipinski definition) is 4. The molecule has 5 nitrogen and oxygen atoms in total. The number of amides is 1. The highest BCUT2D eigenvalue weighted by atomic mass is 32.2. The molecule has 0 unspecified atom stereocenters. The molecule has 0 saturated heterocycles. The van der Waals surface area contributed by atoms with E-state index in [2.05, 4.69) is 44.8 Å². The van der Waals surface area contributed by atoms with E-state index in [1.807, 2.05) is 0 Å². The first-order chi connectivity index (χ1) is 12.8. The molecule has 1 aromatic carbocycles. The van der Waals surface area contributed by atoms with Gasteiger partial charge in [-0.25, -0.2) is 4.98 Å². The summed E-state index contributed by atoms with van der Waals surface area (Å²) in [7, 11) is 0. The zero-order chi connectivity index (χ0) is 17.8. The first-order valence-corrected chi connectivity index (χ1v) is 10.7. The van der Waals surface area contributed by atoms with Crippen LogP contribution in [0.25, 0.3) is 0 Å². The highest BCUT2D eigenvalue weighted by molar-refractivity contribution is 7.99. The zero-order valence-electron chi connectivity index (χ0n) is 15.0. The van der Waals surface area contributed by atoms with Gasteiger partial charge < -0.3 is 5.32 Å². The largest absolute Gasteiger partial charge is 0.349 e. The van der Waals surface area contributed by atoms with Gasteiger partial charge in [-0.1, -0.05) is 61.7 Å². The van der Waals surface area contributed by atoms with Crippen LogP contribution in [-0.2, 0) is 17.6 Å². The normalized spacial score (nSPS) is 20.1. The molecule has 4 rings (SSSR count). The third kappa shape index (κ3) is 4.29. The van der Waals surface area contributed by atoms with Crippen LogP contribution in [0, 0.1) is 5.92 Å². The summed E-state index contributed by atoms with van der Waals surface area (Å²) in [5, 5.41) is 11.2. The van der Waals surface area contributed by atoms with Crippen molar-refractivity contribution in [2.24, 2.45) is 5.92 Å². The molecule has 26 heavy (non-hydrogen) atoms. The van der Waals surface area contributed by atoms with Gasteiger partial charge in [0.1, 0.15) is 5.82 Å². The lowest BCUT2D eigenvalue weighted by Gasteiger charge is -2.26. The molecule has 2 aliphatic carbocycles. The molecule has 2 aromatic rings. The topological polar surface area (TPSA) is 70.7 Å². The second kappa shape index (κ2) is 8.25. The number of aryl methyl sites for hydroxylation is 1. The molecule has 0 aliphatic heterocycles. The van der Waals surface area contributed by atoms with E-state index in [4.69, 9.17) is 0 Å². The maximum absolute atomic E-state index is 12.4. The summed E-state index contributed by atoms with van der Waals surface area (Å²) in [4.78, 5) is 16.9. The maximum Gasteiger partial charge on any atom is 0.230 e. The van der Waals surface area contributed by atoms with Crippen LogP contribution in [0.1, 0.15) is 61.5 Å². The standard InChI is InChI=1S/C20H26N4OS/c25-19(21-17-11-5-9-15-8-3-4-10-16(15)17)13-26-20-22-18(23-24-20)12-14-6-1-2-7-14/h3-4,8,10,14,17H,1-2,5-7,9,11-13H2,(H,21,25)(H,22,23,24)/t17-/m0/s1. The van der Waals surface area contributed by atoms with Crippen molar-refractivity contribution in [2.75, 3.05) is 5.75 Å². The summed E-state index contributed by atoms with van der Waals surface area (Å²) in [6.07, 6.45) is 9.51. The Kier molecular flexibility index (Phi) is 5.58. The third-order valence-corrected chi connectivity index (χ3v) is 6.35. The number of carbonyl (C=O) groups excluding carboxylic acids is 1. The van der Waals surface area contributed by atoms with E-state index in [9.17, 15) is 4.79 Å². The van der Waals surface area contributed by atoms with Crippen molar-refractivity contribution >= 4 is 17.7 Å². The minimum atomic E-state index is 0.0545. The molecule has 1 saturated carbocycles. The van der Waals surface area contributed by atoms with Gasteiger partial charge in [0.15, 0.2) is 0 Å².